The monoisotopic (exact) mass is 264 g/mol. The van der Waals surface area contributed by atoms with Gasteiger partial charge in [-0.1, -0.05) is 12.1 Å². The minimum Gasteiger partial charge on any atom is -0.486 e. The molecule has 1 aromatic rings. The van der Waals surface area contributed by atoms with Crippen LogP contribution in [0.4, 0.5) is 0 Å². The zero-order chi connectivity index (χ0) is 9.68. The summed E-state index contributed by atoms with van der Waals surface area (Å²) in [6.07, 6.45) is -0.347. The molecule has 0 aliphatic rings. The van der Waals surface area contributed by atoms with E-state index in [1.165, 1.54) is 0 Å². The zero-order valence-electron chi connectivity index (χ0n) is 6.91. The summed E-state index contributed by atoms with van der Waals surface area (Å²) in [7, 11) is 0. The second-order valence-corrected chi connectivity index (χ2v) is 3.67. The van der Waals surface area contributed by atoms with Gasteiger partial charge in [-0.15, -0.1) is 11.6 Å². The van der Waals surface area contributed by atoms with Crippen LogP contribution >= 0.6 is 27.5 Å². The van der Waals surface area contributed by atoms with Crippen molar-refractivity contribution in [2.45, 2.75) is 6.10 Å². The fourth-order valence-electron chi connectivity index (χ4n) is 0.837. The van der Waals surface area contributed by atoms with Crippen molar-refractivity contribution in [2.24, 2.45) is 0 Å². The van der Waals surface area contributed by atoms with E-state index in [9.17, 15) is 0 Å². The third-order valence-corrected chi connectivity index (χ3v) is 2.51. The average Bonchev–Trinajstić information content (AvgIpc) is 2.17. The van der Waals surface area contributed by atoms with Crippen LogP contribution in [0.15, 0.2) is 28.7 Å². The van der Waals surface area contributed by atoms with Crippen LogP contribution in [0.1, 0.15) is 0 Å². The first-order chi connectivity index (χ1) is 6.27. The second kappa shape index (κ2) is 5.47. The topological polar surface area (TPSA) is 29.5 Å². The summed E-state index contributed by atoms with van der Waals surface area (Å²) >= 11 is 8.90. The highest BCUT2D eigenvalue weighted by molar-refractivity contribution is 9.10. The van der Waals surface area contributed by atoms with Gasteiger partial charge in [0.1, 0.15) is 11.9 Å². The van der Waals surface area contributed by atoms with Gasteiger partial charge in [0.05, 0.1) is 17.0 Å². The lowest BCUT2D eigenvalue weighted by Gasteiger charge is -2.14. The van der Waals surface area contributed by atoms with Crippen molar-refractivity contribution in [3.63, 3.8) is 0 Å². The first kappa shape index (κ1) is 10.8. The summed E-state index contributed by atoms with van der Waals surface area (Å²) in [5.74, 6) is 0.972. The van der Waals surface area contributed by atoms with Gasteiger partial charge >= 0.3 is 0 Å². The molecule has 0 amide bonds. The van der Waals surface area contributed by atoms with Crippen molar-refractivity contribution in [3.8, 4) is 5.75 Å². The molecule has 13 heavy (non-hydrogen) atoms. The normalized spacial score (nSPS) is 12.5. The molecule has 0 saturated carbocycles. The van der Waals surface area contributed by atoms with Crippen LogP contribution in [0.2, 0.25) is 0 Å². The standard InChI is InChI=1S/C9H10BrClO2/c10-8-3-1-2-4-9(8)13-7(5-11)6-12/h1-4,7,12H,5-6H2. The van der Waals surface area contributed by atoms with E-state index < -0.39 is 0 Å². The lowest BCUT2D eigenvalue weighted by atomic mass is 10.3. The van der Waals surface area contributed by atoms with E-state index in [1.54, 1.807) is 0 Å². The number of hydrogen-bond donors (Lipinski definition) is 1. The third kappa shape index (κ3) is 3.18. The Hall–Kier alpha value is -0.250. The maximum Gasteiger partial charge on any atom is 0.135 e. The van der Waals surface area contributed by atoms with Crippen LogP contribution in [-0.4, -0.2) is 23.7 Å². The summed E-state index contributed by atoms with van der Waals surface area (Å²) < 4.78 is 6.27. The predicted octanol–water partition coefficient (Wildman–Crippen LogP) is 2.43. The Bertz CT molecular complexity index is 264. The maximum absolute atomic E-state index is 8.85. The van der Waals surface area contributed by atoms with Crippen LogP contribution in [0.3, 0.4) is 0 Å². The molecule has 0 aromatic heterocycles. The first-order valence-corrected chi connectivity index (χ1v) is 5.18. The van der Waals surface area contributed by atoms with Gasteiger partial charge in [-0.2, -0.15) is 0 Å². The highest BCUT2D eigenvalue weighted by Crippen LogP contribution is 2.24. The Kier molecular flexibility index (Phi) is 4.56. The molecular weight excluding hydrogens is 255 g/mol. The van der Waals surface area contributed by atoms with Crippen LogP contribution in [0, 0.1) is 0 Å². The van der Waals surface area contributed by atoms with Crippen molar-refractivity contribution in [1.29, 1.82) is 0 Å². The largest absolute Gasteiger partial charge is 0.486 e. The van der Waals surface area contributed by atoms with Crippen molar-refractivity contribution in [1.82, 2.24) is 0 Å². The quantitative estimate of drug-likeness (QED) is 0.847. The van der Waals surface area contributed by atoms with Crippen molar-refractivity contribution < 1.29 is 9.84 Å². The van der Waals surface area contributed by atoms with Gasteiger partial charge < -0.3 is 9.84 Å². The highest BCUT2D eigenvalue weighted by atomic mass is 79.9. The molecular formula is C9H10BrClO2. The van der Waals surface area contributed by atoms with Crippen LogP contribution in [-0.2, 0) is 0 Å². The van der Waals surface area contributed by atoms with Gasteiger partial charge in [0.25, 0.3) is 0 Å². The summed E-state index contributed by atoms with van der Waals surface area (Å²) in [6, 6.07) is 7.45. The number of aliphatic hydroxyl groups excluding tert-OH is 1. The van der Waals surface area contributed by atoms with E-state index in [4.69, 9.17) is 21.4 Å². The summed E-state index contributed by atoms with van der Waals surface area (Å²) in [5.41, 5.74) is 0. The molecule has 0 aliphatic carbocycles. The van der Waals surface area contributed by atoms with Crippen molar-refractivity contribution >= 4 is 27.5 Å². The number of alkyl halides is 1. The summed E-state index contributed by atoms with van der Waals surface area (Å²) in [5, 5.41) is 8.85. The predicted molar refractivity (Wildman–Crippen MR) is 56.4 cm³/mol. The molecule has 1 aromatic carbocycles. The molecule has 2 nitrogen and oxygen atoms in total. The van der Waals surface area contributed by atoms with E-state index in [0.29, 0.717) is 5.75 Å². The Morgan fingerprint density at radius 1 is 1.46 bits per heavy atom. The molecule has 4 heteroatoms. The lowest BCUT2D eigenvalue weighted by Crippen LogP contribution is -2.22. The van der Waals surface area contributed by atoms with Crippen LogP contribution < -0.4 is 4.74 Å². The molecule has 1 unspecified atom stereocenters. The number of benzene rings is 1. The molecule has 0 aliphatic heterocycles. The molecule has 1 atom stereocenters. The number of ether oxygens (including phenoxy) is 1. The minimum atomic E-state index is -0.347. The van der Waals surface area contributed by atoms with E-state index in [-0.39, 0.29) is 18.6 Å². The highest BCUT2D eigenvalue weighted by Gasteiger charge is 2.08. The number of para-hydroxylation sites is 1. The Morgan fingerprint density at radius 2 is 2.15 bits per heavy atom. The Morgan fingerprint density at radius 3 is 2.69 bits per heavy atom. The third-order valence-electron chi connectivity index (χ3n) is 1.51. The Balaban J connectivity index is 2.67. The molecule has 72 valence electrons. The fourth-order valence-corrected chi connectivity index (χ4v) is 1.38. The Labute approximate surface area is 90.6 Å². The lowest BCUT2D eigenvalue weighted by molar-refractivity contribution is 0.131. The smallest absolute Gasteiger partial charge is 0.135 e. The van der Waals surface area contributed by atoms with Gasteiger partial charge in [0, 0.05) is 0 Å². The van der Waals surface area contributed by atoms with E-state index in [2.05, 4.69) is 15.9 Å². The van der Waals surface area contributed by atoms with Gasteiger partial charge in [0.2, 0.25) is 0 Å². The molecule has 0 spiro atoms. The van der Waals surface area contributed by atoms with Gasteiger partial charge in [-0.25, -0.2) is 0 Å². The molecule has 0 bridgehead atoms. The van der Waals surface area contributed by atoms with E-state index in [1.807, 2.05) is 24.3 Å². The summed E-state index contributed by atoms with van der Waals surface area (Å²) in [4.78, 5) is 0. The molecule has 1 N–H and O–H groups in total. The molecule has 1 rings (SSSR count). The van der Waals surface area contributed by atoms with Crippen LogP contribution in [0.5, 0.6) is 5.75 Å². The van der Waals surface area contributed by atoms with E-state index in [0.717, 1.165) is 4.47 Å². The van der Waals surface area contributed by atoms with E-state index >= 15 is 0 Å². The van der Waals surface area contributed by atoms with Gasteiger partial charge in [-0.3, -0.25) is 0 Å². The number of rotatable bonds is 4. The number of hydrogen-bond acceptors (Lipinski definition) is 2. The molecule has 0 radical (unpaired) electrons. The summed E-state index contributed by atoms with van der Waals surface area (Å²) in [6.45, 7) is -0.0785. The van der Waals surface area contributed by atoms with Crippen molar-refractivity contribution in [3.05, 3.63) is 28.7 Å². The van der Waals surface area contributed by atoms with Crippen LogP contribution in [0.25, 0.3) is 0 Å². The first-order valence-electron chi connectivity index (χ1n) is 3.86. The zero-order valence-corrected chi connectivity index (χ0v) is 9.25. The molecule has 0 fully saturated rings. The van der Waals surface area contributed by atoms with Gasteiger partial charge in [0.15, 0.2) is 0 Å². The van der Waals surface area contributed by atoms with Crippen molar-refractivity contribution in [2.75, 3.05) is 12.5 Å². The molecule has 0 heterocycles. The molecule has 0 saturated heterocycles. The average molecular weight is 266 g/mol. The van der Waals surface area contributed by atoms with Gasteiger partial charge in [-0.05, 0) is 28.1 Å². The number of halogens is 2. The minimum absolute atomic E-state index is 0.0785. The SMILES string of the molecule is OCC(CCl)Oc1ccccc1Br. The second-order valence-electron chi connectivity index (χ2n) is 2.51. The maximum atomic E-state index is 8.85. The number of aliphatic hydroxyl groups is 1. The fraction of sp³-hybridized carbons (Fsp3) is 0.333.